The molecule has 0 radical (unpaired) electrons. The van der Waals surface area contributed by atoms with Crippen LogP contribution in [0.15, 0.2) is 18.2 Å². The number of hydrogen-bond donors (Lipinski definition) is 2. The lowest BCUT2D eigenvalue weighted by Gasteiger charge is -2.17. The van der Waals surface area contributed by atoms with Gasteiger partial charge in [-0.1, -0.05) is 0 Å². The molecule has 1 unspecified atom stereocenters. The summed E-state index contributed by atoms with van der Waals surface area (Å²) >= 11 is 0. The number of nitrogens with zero attached hydrogens (tertiary/aromatic N) is 1. The first-order valence-electron chi connectivity index (χ1n) is 4.71. The summed E-state index contributed by atoms with van der Waals surface area (Å²) < 4.78 is 20.7. The molecule has 0 spiro atoms. The highest BCUT2D eigenvalue weighted by Crippen LogP contribution is 2.52. The maximum Gasteiger partial charge on any atom is 0.358 e. The Morgan fingerprint density at radius 3 is 2.33 bits per heavy atom. The van der Waals surface area contributed by atoms with E-state index in [0.717, 1.165) is 19.2 Å². The molecule has 0 aromatic heterocycles. The van der Waals surface area contributed by atoms with Gasteiger partial charge in [-0.15, -0.1) is 0 Å². The van der Waals surface area contributed by atoms with Crippen molar-refractivity contribution in [1.29, 1.82) is 0 Å². The van der Waals surface area contributed by atoms with Crippen molar-refractivity contribution in [3.8, 4) is 5.75 Å². The third kappa shape index (κ3) is 3.27. The van der Waals surface area contributed by atoms with Gasteiger partial charge >= 0.3 is 7.60 Å². The fourth-order valence-corrected chi connectivity index (χ4v) is 2.25. The van der Waals surface area contributed by atoms with E-state index in [0.29, 0.717) is 0 Å². The van der Waals surface area contributed by atoms with Gasteiger partial charge in [-0.3, -0.25) is 14.7 Å². The molecule has 18 heavy (non-hydrogen) atoms. The van der Waals surface area contributed by atoms with E-state index in [1.807, 2.05) is 0 Å². The molecular weight excluding hydrogens is 265 g/mol. The van der Waals surface area contributed by atoms with Crippen LogP contribution in [0.25, 0.3) is 0 Å². The van der Waals surface area contributed by atoms with Gasteiger partial charge < -0.3 is 19.3 Å². The Bertz CT molecular complexity index is 498. The van der Waals surface area contributed by atoms with Crippen LogP contribution in [0.1, 0.15) is 11.4 Å². The van der Waals surface area contributed by atoms with Crippen LogP contribution in [-0.4, -0.2) is 28.9 Å². The first-order chi connectivity index (χ1) is 8.29. The summed E-state index contributed by atoms with van der Waals surface area (Å²) in [6.07, 6.45) is 0. The fraction of sp³-hybridized carbons (Fsp3) is 0.333. The summed E-state index contributed by atoms with van der Waals surface area (Å²) in [5, 5.41) is 10.7. The van der Waals surface area contributed by atoms with Crippen LogP contribution in [0.3, 0.4) is 0 Å². The number of rotatable bonds is 5. The number of ether oxygens (including phenoxy) is 2. The van der Waals surface area contributed by atoms with Crippen molar-refractivity contribution in [1.82, 2.24) is 0 Å². The van der Waals surface area contributed by atoms with Crippen molar-refractivity contribution in [2.75, 3.05) is 14.2 Å². The van der Waals surface area contributed by atoms with E-state index in [4.69, 9.17) is 19.3 Å². The van der Waals surface area contributed by atoms with Gasteiger partial charge in [-0.05, 0) is 6.07 Å². The number of methoxy groups -OCH3 is 2. The molecule has 0 heterocycles. The summed E-state index contributed by atoms with van der Waals surface area (Å²) in [6, 6.07) is 3.46. The molecule has 8 nitrogen and oxygen atoms in total. The van der Waals surface area contributed by atoms with Crippen molar-refractivity contribution in [3.05, 3.63) is 33.9 Å². The standard InChI is InChI=1S/C9H12NO7P/c1-16-8-4-6(3-7(5-8)10(11)12)9(17-2)18(13,14)15/h3-5,9H,1-2H3,(H2,13,14,15). The lowest BCUT2D eigenvalue weighted by molar-refractivity contribution is -0.385. The van der Waals surface area contributed by atoms with Crippen molar-refractivity contribution < 1.29 is 28.7 Å². The lowest BCUT2D eigenvalue weighted by Crippen LogP contribution is -2.04. The summed E-state index contributed by atoms with van der Waals surface area (Å²) in [4.78, 5) is 28.2. The second-order valence-corrected chi connectivity index (χ2v) is 5.05. The predicted molar refractivity (Wildman–Crippen MR) is 61.4 cm³/mol. The molecule has 0 amide bonds. The normalized spacial score (nSPS) is 13.1. The Morgan fingerprint density at radius 1 is 1.33 bits per heavy atom. The maximum atomic E-state index is 11.2. The SMILES string of the molecule is COc1cc(C(OC)P(=O)(O)O)cc([N+](=O)[O-])c1. The Balaban J connectivity index is 3.34. The van der Waals surface area contributed by atoms with E-state index >= 15 is 0 Å². The molecule has 1 aromatic rings. The smallest absolute Gasteiger partial charge is 0.358 e. The van der Waals surface area contributed by atoms with Gasteiger partial charge in [-0.25, -0.2) is 0 Å². The highest BCUT2D eigenvalue weighted by molar-refractivity contribution is 7.52. The van der Waals surface area contributed by atoms with Gasteiger partial charge in [0.1, 0.15) is 5.75 Å². The van der Waals surface area contributed by atoms with E-state index < -0.39 is 18.4 Å². The molecule has 100 valence electrons. The molecule has 1 aromatic carbocycles. The minimum atomic E-state index is -4.58. The van der Waals surface area contributed by atoms with Crippen LogP contribution in [0, 0.1) is 10.1 Å². The van der Waals surface area contributed by atoms with E-state index in [-0.39, 0.29) is 17.0 Å². The molecule has 9 heteroatoms. The molecule has 0 fully saturated rings. The molecule has 0 bridgehead atoms. The molecule has 1 rings (SSSR count). The Labute approximate surface area is 102 Å². The first kappa shape index (κ1) is 14.6. The Hall–Kier alpha value is -1.47. The van der Waals surface area contributed by atoms with Crippen LogP contribution in [0.5, 0.6) is 5.75 Å². The van der Waals surface area contributed by atoms with Crippen molar-refractivity contribution in [2.45, 2.75) is 5.85 Å². The molecule has 1 atom stereocenters. The summed E-state index contributed by atoms with van der Waals surface area (Å²) in [5.41, 5.74) is -0.350. The molecule has 0 saturated heterocycles. The number of hydrogen-bond acceptors (Lipinski definition) is 5. The van der Waals surface area contributed by atoms with Crippen LogP contribution >= 0.6 is 7.60 Å². The van der Waals surface area contributed by atoms with E-state index in [9.17, 15) is 14.7 Å². The summed E-state index contributed by atoms with van der Waals surface area (Å²) in [6.45, 7) is 0. The van der Waals surface area contributed by atoms with Crippen LogP contribution in [0.2, 0.25) is 0 Å². The predicted octanol–water partition coefficient (Wildman–Crippen LogP) is 1.43. The number of nitro groups is 1. The number of benzene rings is 1. The molecular formula is C9H12NO7P. The average molecular weight is 277 g/mol. The highest BCUT2D eigenvalue weighted by Gasteiger charge is 2.32. The second kappa shape index (κ2) is 5.45. The van der Waals surface area contributed by atoms with Gasteiger partial charge in [0.05, 0.1) is 18.1 Å². The number of non-ortho nitro benzene ring substituents is 1. The van der Waals surface area contributed by atoms with E-state index in [1.54, 1.807) is 0 Å². The van der Waals surface area contributed by atoms with Crippen molar-refractivity contribution in [2.24, 2.45) is 0 Å². The fourth-order valence-electron chi connectivity index (χ4n) is 1.44. The molecule has 0 aliphatic heterocycles. The second-order valence-electron chi connectivity index (χ2n) is 3.40. The van der Waals surface area contributed by atoms with Crippen molar-refractivity contribution in [3.63, 3.8) is 0 Å². The minimum absolute atomic E-state index is 0.0168. The Morgan fingerprint density at radius 2 is 1.94 bits per heavy atom. The third-order valence-electron chi connectivity index (χ3n) is 2.17. The van der Waals surface area contributed by atoms with Gasteiger partial charge in [0.25, 0.3) is 5.69 Å². The monoisotopic (exact) mass is 277 g/mol. The van der Waals surface area contributed by atoms with Crippen LogP contribution < -0.4 is 4.74 Å². The largest absolute Gasteiger partial charge is 0.496 e. The zero-order chi connectivity index (χ0) is 13.9. The van der Waals surface area contributed by atoms with Crippen LogP contribution in [-0.2, 0) is 9.30 Å². The molecule has 0 saturated carbocycles. The Kier molecular flexibility index (Phi) is 4.42. The minimum Gasteiger partial charge on any atom is -0.496 e. The molecule has 2 N–H and O–H groups in total. The average Bonchev–Trinajstić information content (AvgIpc) is 2.27. The third-order valence-corrected chi connectivity index (χ3v) is 3.29. The number of nitro benzene ring substituents is 1. The van der Waals surface area contributed by atoms with Gasteiger partial charge in [-0.2, -0.15) is 0 Å². The topological polar surface area (TPSA) is 119 Å². The quantitative estimate of drug-likeness (QED) is 0.474. The molecule has 0 aliphatic carbocycles. The van der Waals surface area contributed by atoms with Gasteiger partial charge in [0, 0.05) is 18.7 Å². The first-order valence-corrected chi connectivity index (χ1v) is 6.39. The van der Waals surface area contributed by atoms with Crippen LogP contribution in [0.4, 0.5) is 5.69 Å². The van der Waals surface area contributed by atoms with Gasteiger partial charge in [0.15, 0.2) is 5.85 Å². The van der Waals surface area contributed by atoms with E-state index in [2.05, 4.69) is 0 Å². The maximum absolute atomic E-state index is 11.2. The van der Waals surface area contributed by atoms with E-state index in [1.165, 1.54) is 13.2 Å². The highest BCUT2D eigenvalue weighted by atomic mass is 31.2. The van der Waals surface area contributed by atoms with Crippen molar-refractivity contribution >= 4 is 13.3 Å². The van der Waals surface area contributed by atoms with Gasteiger partial charge in [0.2, 0.25) is 0 Å². The molecule has 0 aliphatic rings. The summed E-state index contributed by atoms with van der Waals surface area (Å²) in [5.74, 6) is -1.44. The zero-order valence-electron chi connectivity index (χ0n) is 9.64. The lowest BCUT2D eigenvalue weighted by atomic mass is 10.2. The summed E-state index contributed by atoms with van der Waals surface area (Å²) in [7, 11) is -2.18. The zero-order valence-corrected chi connectivity index (χ0v) is 10.5.